The van der Waals surface area contributed by atoms with Crippen LogP contribution < -0.4 is 0 Å². The van der Waals surface area contributed by atoms with Crippen molar-refractivity contribution in [3.8, 4) is 0 Å². The molecular weight excluding hydrogens is 254 g/mol. The summed E-state index contributed by atoms with van der Waals surface area (Å²) in [7, 11) is 0. The molecule has 1 amide bonds. The van der Waals surface area contributed by atoms with E-state index >= 15 is 0 Å². The number of carboxylic acids is 1. The lowest BCUT2D eigenvalue weighted by Gasteiger charge is -2.21. The summed E-state index contributed by atoms with van der Waals surface area (Å²) in [5.74, 6) is -0.773. The van der Waals surface area contributed by atoms with Gasteiger partial charge in [-0.05, 0) is 30.0 Å². The highest BCUT2D eigenvalue weighted by molar-refractivity contribution is 5.85. The van der Waals surface area contributed by atoms with E-state index in [1.807, 2.05) is 29.2 Å². The standard InChI is InChI=1S/C16H19NO3/c18-15-8-2-1-5-11-17(15)12-14-7-4-3-6-13(14)9-10-16(19)20/h3-4,6-7,9-10H,1-2,5,8,11-12H2,(H,19,20). The molecule has 1 N–H and O–H groups in total. The van der Waals surface area contributed by atoms with Crippen LogP contribution in [0.1, 0.15) is 36.8 Å². The van der Waals surface area contributed by atoms with E-state index < -0.39 is 5.97 Å². The lowest BCUT2D eigenvalue weighted by molar-refractivity contribution is -0.132. The third kappa shape index (κ3) is 3.95. The fraction of sp³-hybridized carbons (Fsp3) is 0.375. The Bertz CT molecular complexity index is 522. The highest BCUT2D eigenvalue weighted by Gasteiger charge is 2.17. The van der Waals surface area contributed by atoms with E-state index in [0.717, 1.165) is 43.0 Å². The molecule has 4 heteroatoms. The van der Waals surface area contributed by atoms with Crippen LogP contribution in [0.15, 0.2) is 30.3 Å². The number of carboxylic acid groups (broad SMARTS) is 1. The molecule has 1 saturated heterocycles. The van der Waals surface area contributed by atoms with Crippen molar-refractivity contribution >= 4 is 18.0 Å². The number of rotatable bonds is 4. The maximum Gasteiger partial charge on any atom is 0.328 e. The largest absolute Gasteiger partial charge is 0.478 e. The fourth-order valence-electron chi connectivity index (χ4n) is 2.41. The molecule has 1 aromatic rings. The highest BCUT2D eigenvalue weighted by atomic mass is 16.4. The Morgan fingerprint density at radius 3 is 2.85 bits per heavy atom. The zero-order valence-corrected chi connectivity index (χ0v) is 11.4. The number of aliphatic carboxylic acids is 1. The van der Waals surface area contributed by atoms with Crippen molar-refractivity contribution in [2.24, 2.45) is 0 Å². The van der Waals surface area contributed by atoms with Gasteiger partial charge in [-0.1, -0.05) is 30.7 Å². The van der Waals surface area contributed by atoms with E-state index in [1.54, 1.807) is 6.08 Å². The van der Waals surface area contributed by atoms with Crippen LogP contribution in [-0.2, 0) is 16.1 Å². The van der Waals surface area contributed by atoms with Gasteiger partial charge in [-0.3, -0.25) is 4.79 Å². The molecule has 20 heavy (non-hydrogen) atoms. The predicted octanol–water partition coefficient (Wildman–Crippen LogP) is 2.69. The molecule has 1 heterocycles. The van der Waals surface area contributed by atoms with Gasteiger partial charge in [-0.15, -0.1) is 0 Å². The number of hydrogen-bond donors (Lipinski definition) is 1. The molecule has 0 atom stereocenters. The second-order valence-corrected chi connectivity index (χ2v) is 5.00. The maximum absolute atomic E-state index is 12.0. The van der Waals surface area contributed by atoms with Gasteiger partial charge in [-0.2, -0.15) is 0 Å². The van der Waals surface area contributed by atoms with Crippen LogP contribution in [0.3, 0.4) is 0 Å². The first-order valence-electron chi connectivity index (χ1n) is 6.93. The van der Waals surface area contributed by atoms with Gasteiger partial charge < -0.3 is 10.0 Å². The molecule has 0 aromatic heterocycles. The monoisotopic (exact) mass is 273 g/mol. The van der Waals surface area contributed by atoms with Crippen LogP contribution in [0.25, 0.3) is 6.08 Å². The summed E-state index contributed by atoms with van der Waals surface area (Å²) in [6.45, 7) is 1.34. The number of amides is 1. The summed E-state index contributed by atoms with van der Waals surface area (Å²) < 4.78 is 0. The molecule has 4 nitrogen and oxygen atoms in total. The molecule has 0 spiro atoms. The summed E-state index contributed by atoms with van der Waals surface area (Å²) in [5, 5.41) is 8.72. The Labute approximate surface area is 118 Å². The molecule has 0 bridgehead atoms. The van der Waals surface area contributed by atoms with Crippen molar-refractivity contribution in [2.75, 3.05) is 6.54 Å². The minimum Gasteiger partial charge on any atom is -0.478 e. The van der Waals surface area contributed by atoms with Crippen molar-refractivity contribution < 1.29 is 14.7 Å². The summed E-state index contributed by atoms with van der Waals surface area (Å²) in [6, 6.07) is 7.60. The molecule has 0 unspecified atom stereocenters. The molecule has 0 saturated carbocycles. The summed E-state index contributed by atoms with van der Waals surface area (Å²) in [4.78, 5) is 24.5. The van der Waals surface area contributed by atoms with Crippen molar-refractivity contribution in [2.45, 2.75) is 32.2 Å². The summed E-state index contributed by atoms with van der Waals surface area (Å²) in [6.07, 6.45) is 6.44. The minimum absolute atomic E-state index is 0.194. The molecule has 0 aliphatic carbocycles. The zero-order valence-electron chi connectivity index (χ0n) is 11.4. The van der Waals surface area contributed by atoms with Gasteiger partial charge in [0.15, 0.2) is 0 Å². The van der Waals surface area contributed by atoms with Gasteiger partial charge >= 0.3 is 5.97 Å². The van der Waals surface area contributed by atoms with Crippen molar-refractivity contribution in [1.29, 1.82) is 0 Å². The van der Waals surface area contributed by atoms with E-state index in [9.17, 15) is 9.59 Å². The second-order valence-electron chi connectivity index (χ2n) is 5.00. The van der Waals surface area contributed by atoms with Gasteiger partial charge in [0.1, 0.15) is 0 Å². The van der Waals surface area contributed by atoms with Crippen molar-refractivity contribution in [3.05, 3.63) is 41.5 Å². The van der Waals surface area contributed by atoms with Gasteiger partial charge in [0.25, 0.3) is 0 Å². The summed E-state index contributed by atoms with van der Waals surface area (Å²) >= 11 is 0. The first-order valence-corrected chi connectivity index (χ1v) is 6.93. The van der Waals surface area contributed by atoms with E-state index in [1.165, 1.54) is 0 Å². The predicted molar refractivity (Wildman–Crippen MR) is 77.0 cm³/mol. The van der Waals surface area contributed by atoms with E-state index in [4.69, 9.17) is 5.11 Å². The Morgan fingerprint density at radius 2 is 2.05 bits per heavy atom. The SMILES string of the molecule is O=C(O)C=Cc1ccccc1CN1CCCCCC1=O. The number of carbonyl (C=O) groups is 2. The van der Waals surface area contributed by atoms with Gasteiger partial charge in [-0.25, -0.2) is 4.79 Å². The second kappa shape index (κ2) is 6.89. The first kappa shape index (κ1) is 14.3. The number of likely N-dealkylation sites (tertiary alicyclic amines) is 1. The third-order valence-corrected chi connectivity index (χ3v) is 3.49. The van der Waals surface area contributed by atoms with Gasteiger partial charge in [0, 0.05) is 25.6 Å². The van der Waals surface area contributed by atoms with Crippen LogP contribution in [0, 0.1) is 0 Å². The Morgan fingerprint density at radius 1 is 1.25 bits per heavy atom. The zero-order chi connectivity index (χ0) is 14.4. The maximum atomic E-state index is 12.0. The van der Waals surface area contributed by atoms with E-state index in [-0.39, 0.29) is 5.91 Å². The molecule has 1 aliphatic rings. The van der Waals surface area contributed by atoms with Crippen LogP contribution in [0.4, 0.5) is 0 Å². The topological polar surface area (TPSA) is 57.6 Å². The average Bonchev–Trinajstić information content (AvgIpc) is 2.63. The number of benzene rings is 1. The van der Waals surface area contributed by atoms with Crippen LogP contribution in [0.5, 0.6) is 0 Å². The Hall–Kier alpha value is -2.10. The molecule has 1 fully saturated rings. The molecule has 106 valence electrons. The molecule has 1 aromatic carbocycles. The Balaban J connectivity index is 2.15. The smallest absolute Gasteiger partial charge is 0.328 e. The van der Waals surface area contributed by atoms with Crippen LogP contribution in [0.2, 0.25) is 0 Å². The van der Waals surface area contributed by atoms with Crippen molar-refractivity contribution in [1.82, 2.24) is 4.90 Å². The summed E-state index contributed by atoms with van der Waals surface area (Å²) in [5.41, 5.74) is 1.84. The van der Waals surface area contributed by atoms with E-state index in [2.05, 4.69) is 0 Å². The fourth-order valence-corrected chi connectivity index (χ4v) is 2.41. The lowest BCUT2D eigenvalue weighted by Crippen LogP contribution is -2.29. The Kier molecular flexibility index (Phi) is 4.93. The van der Waals surface area contributed by atoms with Crippen LogP contribution in [-0.4, -0.2) is 28.4 Å². The number of carbonyl (C=O) groups excluding carboxylic acids is 1. The van der Waals surface area contributed by atoms with Crippen molar-refractivity contribution in [3.63, 3.8) is 0 Å². The quantitative estimate of drug-likeness (QED) is 0.858. The molecular formula is C16H19NO3. The third-order valence-electron chi connectivity index (χ3n) is 3.49. The van der Waals surface area contributed by atoms with Gasteiger partial charge in [0.2, 0.25) is 5.91 Å². The molecule has 1 aliphatic heterocycles. The van der Waals surface area contributed by atoms with E-state index in [0.29, 0.717) is 13.0 Å². The normalized spacial score (nSPS) is 16.4. The minimum atomic E-state index is -0.967. The number of hydrogen-bond acceptors (Lipinski definition) is 2. The van der Waals surface area contributed by atoms with Gasteiger partial charge in [0.05, 0.1) is 0 Å². The van der Waals surface area contributed by atoms with Crippen LogP contribution >= 0.6 is 0 Å². The highest BCUT2D eigenvalue weighted by Crippen LogP contribution is 2.18. The number of nitrogens with zero attached hydrogens (tertiary/aromatic N) is 1. The lowest BCUT2D eigenvalue weighted by atomic mass is 10.1. The average molecular weight is 273 g/mol. The first-order chi connectivity index (χ1) is 9.66. The molecule has 2 rings (SSSR count). The molecule has 0 radical (unpaired) electrons.